The Hall–Kier alpha value is -1.56. The molecular formula is C4H8N4O2. The minimum absolute atomic E-state index is 0.511. The Morgan fingerprint density at radius 1 is 1.40 bits per heavy atom. The molecule has 0 aliphatic heterocycles. The van der Waals surface area contributed by atoms with E-state index in [0.29, 0.717) is 0 Å². The average molecular weight is 144 g/mol. The first kappa shape index (κ1) is 8.44. The molecule has 0 rings (SSSR count). The van der Waals surface area contributed by atoms with Gasteiger partial charge < -0.3 is 0 Å². The fourth-order valence-electron chi connectivity index (χ4n) is 0.205. The van der Waals surface area contributed by atoms with Crippen LogP contribution in [0.25, 0.3) is 0 Å². The Labute approximate surface area is 57.4 Å². The van der Waals surface area contributed by atoms with E-state index in [4.69, 9.17) is 0 Å². The second-order valence-corrected chi connectivity index (χ2v) is 1.29. The van der Waals surface area contributed by atoms with Crippen molar-refractivity contribution < 1.29 is 9.59 Å². The van der Waals surface area contributed by atoms with E-state index >= 15 is 0 Å². The van der Waals surface area contributed by atoms with E-state index in [1.165, 1.54) is 0 Å². The molecule has 0 bridgehead atoms. The molecule has 0 aromatic heterocycles. The maximum absolute atomic E-state index is 10.3. The highest BCUT2D eigenvalue weighted by molar-refractivity contribution is 5.88. The van der Waals surface area contributed by atoms with Crippen LogP contribution in [0.2, 0.25) is 0 Å². The summed E-state index contributed by atoms with van der Waals surface area (Å²) in [6.07, 6.45) is 1.01. The largest absolute Gasteiger partial charge is 0.347 e. The molecule has 0 aliphatic carbocycles. The van der Waals surface area contributed by atoms with Gasteiger partial charge in [0, 0.05) is 0 Å². The number of carbonyl (C=O) groups excluding carboxylic acids is 2. The van der Waals surface area contributed by atoms with Crippen LogP contribution < -0.4 is 22.1 Å². The molecule has 5 N–H and O–H groups in total. The van der Waals surface area contributed by atoms with Gasteiger partial charge in [-0.25, -0.2) is 16.1 Å². The third kappa shape index (κ3) is 3.44. The van der Waals surface area contributed by atoms with Crippen LogP contribution >= 0.6 is 0 Å². The molecular weight excluding hydrogens is 136 g/mol. The predicted molar refractivity (Wildman–Crippen MR) is 34.2 cm³/mol. The maximum atomic E-state index is 10.3. The first-order chi connectivity index (χ1) is 4.70. The number of hydrogen-bond donors (Lipinski definition) is 4. The van der Waals surface area contributed by atoms with Gasteiger partial charge in [-0.2, -0.15) is 0 Å². The number of nitrogens with one attached hydrogen (secondary N) is 3. The zero-order valence-corrected chi connectivity index (χ0v) is 5.18. The van der Waals surface area contributed by atoms with Gasteiger partial charge in [-0.15, -0.1) is 0 Å². The fraction of sp³-hybridized carbons (Fsp3) is 0. The quantitative estimate of drug-likeness (QED) is 0.154. The van der Waals surface area contributed by atoms with Gasteiger partial charge in [0.25, 0.3) is 5.91 Å². The summed E-state index contributed by atoms with van der Waals surface area (Å²) in [5.74, 6) is 4.15. The number of amides is 3. The van der Waals surface area contributed by atoms with Crippen molar-refractivity contribution in [3.63, 3.8) is 0 Å². The average Bonchev–Trinajstić information content (AvgIpc) is 1.99. The molecule has 0 radical (unpaired) electrons. The zero-order chi connectivity index (χ0) is 7.98. The molecule has 0 saturated carbocycles. The van der Waals surface area contributed by atoms with Gasteiger partial charge in [-0.3, -0.25) is 15.6 Å². The van der Waals surface area contributed by atoms with Gasteiger partial charge in [0.1, 0.15) is 0 Å². The molecule has 0 saturated heterocycles. The lowest BCUT2D eigenvalue weighted by Gasteiger charge is -2.01. The van der Waals surface area contributed by atoms with Crippen molar-refractivity contribution in [1.82, 2.24) is 16.3 Å². The van der Waals surface area contributed by atoms with Crippen LogP contribution in [-0.4, -0.2) is 11.9 Å². The van der Waals surface area contributed by atoms with Gasteiger partial charge in [-0.05, 0) is 6.08 Å². The highest BCUT2D eigenvalue weighted by atomic mass is 16.2. The van der Waals surface area contributed by atoms with E-state index in [1.54, 1.807) is 5.43 Å². The van der Waals surface area contributed by atoms with Crippen molar-refractivity contribution in [3.8, 4) is 0 Å². The number of hydrazine groups is 2. The Morgan fingerprint density at radius 3 is 2.40 bits per heavy atom. The first-order valence-corrected chi connectivity index (χ1v) is 2.39. The molecule has 0 atom stereocenters. The minimum Gasteiger partial charge on any atom is -0.275 e. The molecule has 0 heterocycles. The number of urea groups is 1. The molecule has 56 valence electrons. The van der Waals surface area contributed by atoms with Gasteiger partial charge in [0.15, 0.2) is 0 Å². The third-order valence-electron chi connectivity index (χ3n) is 0.616. The van der Waals surface area contributed by atoms with Crippen molar-refractivity contribution in [3.05, 3.63) is 12.7 Å². The summed E-state index contributed by atoms with van der Waals surface area (Å²) < 4.78 is 0. The van der Waals surface area contributed by atoms with Gasteiger partial charge >= 0.3 is 6.03 Å². The lowest BCUT2D eigenvalue weighted by Crippen LogP contribution is -2.48. The summed E-state index contributed by atoms with van der Waals surface area (Å²) in [6.45, 7) is 3.15. The van der Waals surface area contributed by atoms with Crippen LogP contribution in [0, 0.1) is 0 Å². The Bertz CT molecular complexity index is 155. The summed E-state index contributed by atoms with van der Waals surface area (Å²) >= 11 is 0. The summed E-state index contributed by atoms with van der Waals surface area (Å²) in [7, 11) is 0. The van der Waals surface area contributed by atoms with E-state index in [9.17, 15) is 9.59 Å². The SMILES string of the molecule is C=CC(=O)NNC(=O)NN. The number of hydrogen-bond acceptors (Lipinski definition) is 3. The summed E-state index contributed by atoms with van der Waals surface area (Å²) in [6, 6.07) is -0.699. The van der Waals surface area contributed by atoms with E-state index in [2.05, 4.69) is 12.4 Å². The normalized spacial score (nSPS) is 7.70. The van der Waals surface area contributed by atoms with E-state index in [0.717, 1.165) is 6.08 Å². The Balaban J connectivity index is 3.44. The molecule has 0 aliphatic rings. The molecule has 0 unspecified atom stereocenters. The van der Waals surface area contributed by atoms with Crippen LogP contribution in [0.15, 0.2) is 12.7 Å². The van der Waals surface area contributed by atoms with Gasteiger partial charge in [0.2, 0.25) is 0 Å². The van der Waals surface area contributed by atoms with Crippen LogP contribution in [0.4, 0.5) is 4.79 Å². The van der Waals surface area contributed by atoms with Gasteiger partial charge in [-0.1, -0.05) is 6.58 Å². The molecule has 0 aromatic carbocycles. The highest BCUT2D eigenvalue weighted by Crippen LogP contribution is 1.60. The lowest BCUT2D eigenvalue weighted by molar-refractivity contribution is -0.117. The highest BCUT2D eigenvalue weighted by Gasteiger charge is 1.95. The van der Waals surface area contributed by atoms with Crippen LogP contribution in [0.5, 0.6) is 0 Å². The topological polar surface area (TPSA) is 96.2 Å². The molecule has 0 aromatic rings. The molecule has 0 fully saturated rings. The van der Waals surface area contributed by atoms with Crippen LogP contribution in [-0.2, 0) is 4.79 Å². The van der Waals surface area contributed by atoms with E-state index in [1.807, 2.05) is 10.9 Å². The standard InChI is InChI=1S/C4H8N4O2/c1-2-3(9)7-8-4(10)6-5/h2H,1,5H2,(H,7,9)(H2,6,8,10). The maximum Gasteiger partial charge on any atom is 0.347 e. The second kappa shape index (κ2) is 4.33. The third-order valence-corrected chi connectivity index (χ3v) is 0.616. The Kier molecular flexibility index (Phi) is 3.66. The smallest absolute Gasteiger partial charge is 0.275 e. The van der Waals surface area contributed by atoms with Crippen LogP contribution in [0.1, 0.15) is 0 Å². The zero-order valence-electron chi connectivity index (χ0n) is 5.18. The summed E-state index contributed by atoms with van der Waals surface area (Å²) in [4.78, 5) is 20.6. The number of rotatable bonds is 1. The van der Waals surface area contributed by atoms with Gasteiger partial charge in [0.05, 0.1) is 0 Å². The molecule has 6 heteroatoms. The second-order valence-electron chi connectivity index (χ2n) is 1.29. The summed E-state index contributed by atoms with van der Waals surface area (Å²) in [5, 5.41) is 0. The lowest BCUT2D eigenvalue weighted by atomic mass is 10.6. The first-order valence-electron chi connectivity index (χ1n) is 2.39. The predicted octanol–water partition coefficient (Wildman–Crippen LogP) is -1.62. The summed E-state index contributed by atoms with van der Waals surface area (Å²) in [5.41, 5.74) is 5.67. The molecule has 0 spiro atoms. The number of carbonyl (C=O) groups is 2. The van der Waals surface area contributed by atoms with Crippen LogP contribution in [0.3, 0.4) is 0 Å². The van der Waals surface area contributed by atoms with Crippen molar-refractivity contribution in [1.29, 1.82) is 0 Å². The van der Waals surface area contributed by atoms with Crippen molar-refractivity contribution in [2.24, 2.45) is 5.84 Å². The minimum atomic E-state index is -0.699. The Morgan fingerprint density at radius 2 is 2.00 bits per heavy atom. The molecule has 10 heavy (non-hydrogen) atoms. The number of nitrogens with two attached hydrogens (primary N) is 1. The van der Waals surface area contributed by atoms with E-state index < -0.39 is 11.9 Å². The van der Waals surface area contributed by atoms with E-state index in [-0.39, 0.29) is 0 Å². The molecule has 3 amide bonds. The van der Waals surface area contributed by atoms with Crippen molar-refractivity contribution in [2.75, 3.05) is 0 Å². The van der Waals surface area contributed by atoms with Crippen molar-refractivity contribution in [2.45, 2.75) is 0 Å². The monoisotopic (exact) mass is 144 g/mol. The van der Waals surface area contributed by atoms with Crippen molar-refractivity contribution >= 4 is 11.9 Å². The molecule has 6 nitrogen and oxygen atoms in total. The fourth-order valence-corrected chi connectivity index (χ4v) is 0.205.